The van der Waals surface area contributed by atoms with Gasteiger partial charge < -0.3 is 10.0 Å². The average molecular weight is 351 g/mol. The second kappa shape index (κ2) is 5.67. The molecule has 0 spiro atoms. The predicted octanol–water partition coefficient (Wildman–Crippen LogP) is -0.199. The van der Waals surface area contributed by atoms with E-state index in [0.29, 0.717) is 0 Å². The molecule has 0 radical (unpaired) electrons. The third kappa shape index (κ3) is 2.31. The quantitative estimate of drug-likeness (QED) is 0.736. The summed E-state index contributed by atoms with van der Waals surface area (Å²) in [6.07, 6.45) is 4.19. The summed E-state index contributed by atoms with van der Waals surface area (Å²) in [5.74, 6) is -2.39. The molecule has 2 atom stereocenters. The number of amides is 1. The molecule has 0 aliphatic carbocycles. The number of carbonyl (C=O) groups is 2. The third-order valence-electron chi connectivity index (χ3n) is 4.64. The first kappa shape index (κ1) is 16.6. The van der Waals surface area contributed by atoms with Crippen molar-refractivity contribution in [2.24, 2.45) is 11.3 Å². The van der Waals surface area contributed by atoms with E-state index in [0.717, 1.165) is 4.31 Å². The number of carbonyl (C=O) groups excluding carboxylic acids is 1. The van der Waals surface area contributed by atoms with Crippen LogP contribution in [0.1, 0.15) is 0 Å². The van der Waals surface area contributed by atoms with Crippen molar-refractivity contribution in [3.63, 3.8) is 0 Å². The van der Waals surface area contributed by atoms with E-state index in [1.54, 1.807) is 0 Å². The van der Waals surface area contributed by atoms with Crippen LogP contribution in [0.15, 0.2) is 42.1 Å². The molecule has 2 fully saturated rings. The number of aliphatic carboxylic acids is 1. The van der Waals surface area contributed by atoms with Crippen LogP contribution < -0.4 is 0 Å². The van der Waals surface area contributed by atoms with Crippen LogP contribution in [-0.2, 0) is 19.6 Å². The first-order valence-electron chi connectivity index (χ1n) is 7.36. The largest absolute Gasteiger partial charge is 0.481 e. The van der Waals surface area contributed by atoms with Crippen LogP contribution >= 0.6 is 0 Å². The van der Waals surface area contributed by atoms with Gasteiger partial charge in [0.05, 0.1) is 5.92 Å². The zero-order valence-corrected chi connectivity index (χ0v) is 13.6. The Morgan fingerprint density at radius 1 is 1.50 bits per heavy atom. The molecule has 0 saturated carbocycles. The molecule has 1 N–H and O–H groups in total. The van der Waals surface area contributed by atoms with E-state index in [1.165, 1.54) is 35.5 Å². The van der Waals surface area contributed by atoms with Gasteiger partial charge in [0.1, 0.15) is 10.3 Å². The van der Waals surface area contributed by atoms with Gasteiger partial charge in [-0.3, -0.25) is 14.6 Å². The lowest BCUT2D eigenvalue weighted by atomic mass is 9.81. The van der Waals surface area contributed by atoms with Gasteiger partial charge in [-0.1, -0.05) is 6.08 Å². The van der Waals surface area contributed by atoms with E-state index in [4.69, 9.17) is 0 Å². The Kier molecular flexibility index (Phi) is 3.92. The SMILES string of the molecule is C=CCN1C[C@@]2(C(=O)O)CN(S(=O)(=O)c3cccnc3)C[C@H]2C1=O. The highest BCUT2D eigenvalue weighted by Crippen LogP contribution is 2.45. The summed E-state index contributed by atoms with van der Waals surface area (Å²) in [5.41, 5.74) is -1.42. The molecule has 2 aliphatic rings. The van der Waals surface area contributed by atoms with E-state index >= 15 is 0 Å². The fourth-order valence-corrected chi connectivity index (χ4v) is 4.90. The number of carboxylic acid groups (broad SMARTS) is 1. The summed E-state index contributed by atoms with van der Waals surface area (Å²) in [7, 11) is -3.89. The standard InChI is InChI=1S/C15H17N3O5S/c1-2-6-17-9-15(14(20)21)10-18(8-12(15)13(17)19)24(22,23)11-4-3-5-16-7-11/h2-5,7,12H,1,6,8-10H2,(H,20,21)/t12-,15+/m0/s1. The van der Waals surface area contributed by atoms with Gasteiger partial charge in [-0.25, -0.2) is 8.42 Å². The zero-order chi connectivity index (χ0) is 17.5. The number of likely N-dealkylation sites (tertiary alicyclic amines) is 1. The topological polar surface area (TPSA) is 108 Å². The van der Waals surface area contributed by atoms with E-state index in [1.807, 2.05) is 0 Å². The Morgan fingerprint density at radius 2 is 2.25 bits per heavy atom. The number of aromatic nitrogens is 1. The Hall–Kier alpha value is -2.26. The van der Waals surface area contributed by atoms with Crippen molar-refractivity contribution in [3.05, 3.63) is 37.2 Å². The number of fused-ring (bicyclic) bond motifs is 1. The first-order chi connectivity index (χ1) is 11.3. The summed E-state index contributed by atoms with van der Waals surface area (Å²) in [6, 6.07) is 2.89. The van der Waals surface area contributed by atoms with Gasteiger partial charge in [0.15, 0.2) is 0 Å². The molecule has 128 valence electrons. The highest BCUT2D eigenvalue weighted by Gasteiger charge is 2.63. The summed E-state index contributed by atoms with van der Waals surface area (Å²) in [6.45, 7) is 3.42. The smallest absolute Gasteiger partial charge is 0.313 e. The molecule has 0 unspecified atom stereocenters. The van der Waals surface area contributed by atoms with Crippen molar-refractivity contribution in [2.45, 2.75) is 4.90 Å². The van der Waals surface area contributed by atoms with Crippen molar-refractivity contribution in [3.8, 4) is 0 Å². The second-order valence-electron chi connectivity index (χ2n) is 6.01. The Labute approximate surface area is 139 Å². The molecule has 1 aromatic rings. The van der Waals surface area contributed by atoms with Crippen LogP contribution in [0.3, 0.4) is 0 Å². The number of nitrogens with zero attached hydrogens (tertiary/aromatic N) is 3. The molecule has 24 heavy (non-hydrogen) atoms. The van der Waals surface area contributed by atoms with Gasteiger partial charge in [-0.2, -0.15) is 4.31 Å². The zero-order valence-electron chi connectivity index (χ0n) is 12.8. The summed E-state index contributed by atoms with van der Waals surface area (Å²) in [4.78, 5) is 29.5. The first-order valence-corrected chi connectivity index (χ1v) is 8.80. The van der Waals surface area contributed by atoms with Crippen LogP contribution in [0, 0.1) is 11.3 Å². The van der Waals surface area contributed by atoms with Gasteiger partial charge in [0, 0.05) is 38.6 Å². The number of hydrogen-bond donors (Lipinski definition) is 1. The Bertz CT molecular complexity index is 795. The molecule has 0 bridgehead atoms. The maximum absolute atomic E-state index is 12.7. The van der Waals surface area contributed by atoms with Gasteiger partial charge in [0.25, 0.3) is 0 Å². The lowest BCUT2D eigenvalue weighted by molar-refractivity contribution is -0.149. The van der Waals surface area contributed by atoms with E-state index in [2.05, 4.69) is 11.6 Å². The van der Waals surface area contributed by atoms with Crippen molar-refractivity contribution in [1.82, 2.24) is 14.2 Å². The van der Waals surface area contributed by atoms with Gasteiger partial charge in [-0.05, 0) is 12.1 Å². The van der Waals surface area contributed by atoms with E-state index in [-0.39, 0.29) is 37.0 Å². The van der Waals surface area contributed by atoms with Crippen molar-refractivity contribution in [2.75, 3.05) is 26.2 Å². The molecule has 1 amide bonds. The highest BCUT2D eigenvalue weighted by molar-refractivity contribution is 7.89. The molecule has 0 aromatic carbocycles. The molecular weight excluding hydrogens is 334 g/mol. The molecule has 8 nitrogen and oxygen atoms in total. The maximum Gasteiger partial charge on any atom is 0.313 e. The number of carboxylic acids is 1. The lowest BCUT2D eigenvalue weighted by Crippen LogP contribution is -2.42. The molecule has 1 aromatic heterocycles. The number of sulfonamides is 1. The molecule has 2 aliphatic heterocycles. The summed E-state index contributed by atoms with van der Waals surface area (Å²) < 4.78 is 26.5. The van der Waals surface area contributed by atoms with Crippen LogP contribution in [0.5, 0.6) is 0 Å². The Morgan fingerprint density at radius 3 is 2.79 bits per heavy atom. The van der Waals surface area contributed by atoms with Gasteiger partial charge in [-0.15, -0.1) is 6.58 Å². The minimum atomic E-state index is -3.89. The summed E-state index contributed by atoms with van der Waals surface area (Å²) in [5, 5.41) is 9.69. The van der Waals surface area contributed by atoms with Crippen molar-refractivity contribution >= 4 is 21.9 Å². The molecule has 3 heterocycles. The monoisotopic (exact) mass is 351 g/mol. The fraction of sp³-hybridized carbons (Fsp3) is 0.400. The lowest BCUT2D eigenvalue weighted by Gasteiger charge is -2.24. The Balaban J connectivity index is 1.95. The van der Waals surface area contributed by atoms with Crippen molar-refractivity contribution in [1.29, 1.82) is 0 Å². The summed E-state index contributed by atoms with van der Waals surface area (Å²) >= 11 is 0. The van der Waals surface area contributed by atoms with Gasteiger partial charge in [0.2, 0.25) is 15.9 Å². The van der Waals surface area contributed by atoms with Crippen LogP contribution in [0.2, 0.25) is 0 Å². The molecular formula is C15H17N3O5S. The van der Waals surface area contributed by atoms with Crippen LogP contribution in [0.4, 0.5) is 0 Å². The number of pyridine rings is 1. The van der Waals surface area contributed by atoms with Crippen molar-refractivity contribution < 1.29 is 23.1 Å². The molecule has 2 saturated heterocycles. The normalized spacial score (nSPS) is 27.2. The second-order valence-corrected chi connectivity index (χ2v) is 7.95. The fourth-order valence-electron chi connectivity index (χ4n) is 3.41. The maximum atomic E-state index is 12.7. The number of hydrogen-bond acceptors (Lipinski definition) is 5. The average Bonchev–Trinajstić information content (AvgIpc) is 3.06. The molecule has 9 heteroatoms. The third-order valence-corrected chi connectivity index (χ3v) is 6.44. The predicted molar refractivity (Wildman–Crippen MR) is 83.3 cm³/mol. The highest BCUT2D eigenvalue weighted by atomic mass is 32.2. The van der Waals surface area contributed by atoms with Gasteiger partial charge >= 0.3 is 5.97 Å². The minimum absolute atomic E-state index is 0.0130. The molecule has 3 rings (SSSR count). The van der Waals surface area contributed by atoms with Crippen LogP contribution in [0.25, 0.3) is 0 Å². The number of rotatable bonds is 5. The van der Waals surface area contributed by atoms with E-state index < -0.39 is 27.3 Å². The van der Waals surface area contributed by atoms with E-state index in [9.17, 15) is 23.1 Å². The minimum Gasteiger partial charge on any atom is -0.481 e. The van der Waals surface area contributed by atoms with Crippen LogP contribution in [-0.4, -0.2) is 65.8 Å².